The number of carbonyl (C=O) groups excluding carboxylic acids is 1. The standard InChI is InChI=1S/C26H25N3O3S/c1-18-8-13-24-22(16-18)23(17-25(29-24)20-6-4-3-5-7-20)26(30)28-15-14-19-9-11-21(12-10-19)33(31,32)27-2/h3-13,16-17,27H,14-15H2,1-2H3,(H,28,30). The van der Waals surface area contributed by atoms with Crippen LogP contribution in [-0.2, 0) is 16.4 Å². The molecule has 2 N–H and O–H groups in total. The van der Waals surface area contributed by atoms with Gasteiger partial charge in [-0.15, -0.1) is 0 Å². The lowest BCUT2D eigenvalue weighted by Gasteiger charge is -2.12. The fraction of sp³-hybridized carbons (Fsp3) is 0.154. The van der Waals surface area contributed by atoms with Gasteiger partial charge in [-0.2, -0.15) is 0 Å². The summed E-state index contributed by atoms with van der Waals surface area (Å²) in [6, 6.07) is 24.2. The summed E-state index contributed by atoms with van der Waals surface area (Å²) in [5.41, 5.74) is 5.05. The van der Waals surface area contributed by atoms with Gasteiger partial charge in [-0.1, -0.05) is 54.1 Å². The van der Waals surface area contributed by atoms with Crippen LogP contribution in [-0.4, -0.2) is 32.9 Å². The zero-order valence-electron chi connectivity index (χ0n) is 18.5. The molecule has 33 heavy (non-hydrogen) atoms. The Morgan fingerprint density at radius 2 is 1.67 bits per heavy atom. The Labute approximate surface area is 193 Å². The molecular weight excluding hydrogens is 434 g/mol. The predicted molar refractivity (Wildman–Crippen MR) is 131 cm³/mol. The second kappa shape index (κ2) is 9.52. The first-order valence-corrected chi connectivity index (χ1v) is 12.1. The average Bonchev–Trinajstić information content (AvgIpc) is 2.84. The van der Waals surface area contributed by atoms with E-state index in [4.69, 9.17) is 4.98 Å². The third-order valence-electron chi connectivity index (χ3n) is 5.48. The van der Waals surface area contributed by atoms with Crippen LogP contribution in [0.5, 0.6) is 0 Å². The molecule has 4 aromatic rings. The van der Waals surface area contributed by atoms with Gasteiger partial charge in [-0.05, 0) is 56.3 Å². The minimum absolute atomic E-state index is 0.167. The summed E-state index contributed by atoms with van der Waals surface area (Å²) in [4.78, 5) is 18.1. The highest BCUT2D eigenvalue weighted by Crippen LogP contribution is 2.25. The Morgan fingerprint density at radius 1 is 0.939 bits per heavy atom. The van der Waals surface area contributed by atoms with Crippen LogP contribution in [0.2, 0.25) is 0 Å². The molecule has 3 aromatic carbocycles. The van der Waals surface area contributed by atoms with E-state index in [-0.39, 0.29) is 10.8 Å². The SMILES string of the molecule is CNS(=O)(=O)c1ccc(CCNC(=O)c2cc(-c3ccccc3)nc3ccc(C)cc23)cc1. The predicted octanol–water partition coefficient (Wildman–Crippen LogP) is 4.09. The van der Waals surface area contributed by atoms with Gasteiger partial charge in [0.1, 0.15) is 0 Å². The summed E-state index contributed by atoms with van der Waals surface area (Å²) < 4.78 is 26.0. The van der Waals surface area contributed by atoms with Crippen molar-refractivity contribution in [1.29, 1.82) is 0 Å². The van der Waals surface area contributed by atoms with Crippen LogP contribution in [0, 0.1) is 6.92 Å². The Hall–Kier alpha value is -3.55. The second-order valence-corrected chi connectivity index (χ2v) is 9.69. The van der Waals surface area contributed by atoms with E-state index >= 15 is 0 Å². The van der Waals surface area contributed by atoms with E-state index in [9.17, 15) is 13.2 Å². The van der Waals surface area contributed by atoms with E-state index in [0.29, 0.717) is 18.5 Å². The maximum absolute atomic E-state index is 13.1. The number of carbonyl (C=O) groups is 1. The minimum Gasteiger partial charge on any atom is -0.352 e. The lowest BCUT2D eigenvalue weighted by atomic mass is 10.0. The van der Waals surface area contributed by atoms with Crippen LogP contribution in [0.4, 0.5) is 0 Å². The Balaban J connectivity index is 1.54. The number of hydrogen-bond acceptors (Lipinski definition) is 4. The van der Waals surface area contributed by atoms with Gasteiger partial charge in [-0.25, -0.2) is 18.1 Å². The average molecular weight is 460 g/mol. The number of benzene rings is 3. The molecule has 0 aliphatic carbocycles. The second-order valence-electron chi connectivity index (χ2n) is 7.80. The minimum atomic E-state index is -3.46. The van der Waals surface area contributed by atoms with E-state index in [2.05, 4.69) is 10.0 Å². The Bertz CT molecular complexity index is 1400. The summed E-state index contributed by atoms with van der Waals surface area (Å²) >= 11 is 0. The Kier molecular flexibility index (Phi) is 6.53. The normalized spacial score (nSPS) is 11.5. The first-order chi connectivity index (χ1) is 15.9. The van der Waals surface area contributed by atoms with E-state index < -0.39 is 10.0 Å². The highest BCUT2D eigenvalue weighted by molar-refractivity contribution is 7.89. The van der Waals surface area contributed by atoms with Crippen molar-refractivity contribution in [2.75, 3.05) is 13.6 Å². The van der Waals surface area contributed by atoms with Crippen LogP contribution >= 0.6 is 0 Å². The smallest absolute Gasteiger partial charge is 0.252 e. The van der Waals surface area contributed by atoms with Crippen molar-refractivity contribution in [2.45, 2.75) is 18.2 Å². The van der Waals surface area contributed by atoms with Crippen LogP contribution in [0.25, 0.3) is 22.2 Å². The lowest BCUT2D eigenvalue weighted by molar-refractivity contribution is 0.0955. The summed E-state index contributed by atoms with van der Waals surface area (Å²) in [6.45, 7) is 2.41. The molecule has 0 spiro atoms. The summed E-state index contributed by atoms with van der Waals surface area (Å²) in [6.07, 6.45) is 0.583. The highest BCUT2D eigenvalue weighted by Gasteiger charge is 2.15. The number of rotatable bonds is 7. The van der Waals surface area contributed by atoms with Crippen molar-refractivity contribution < 1.29 is 13.2 Å². The van der Waals surface area contributed by atoms with Crippen molar-refractivity contribution >= 4 is 26.8 Å². The molecule has 1 aromatic heterocycles. The van der Waals surface area contributed by atoms with Crippen LogP contribution in [0.3, 0.4) is 0 Å². The van der Waals surface area contributed by atoms with Gasteiger partial charge in [0.25, 0.3) is 5.91 Å². The van der Waals surface area contributed by atoms with Gasteiger partial charge < -0.3 is 5.32 Å². The lowest BCUT2D eigenvalue weighted by Crippen LogP contribution is -2.26. The number of aryl methyl sites for hydroxylation is 1. The van der Waals surface area contributed by atoms with E-state index in [0.717, 1.165) is 33.3 Å². The molecule has 4 rings (SSSR count). The monoisotopic (exact) mass is 459 g/mol. The first-order valence-electron chi connectivity index (χ1n) is 10.6. The van der Waals surface area contributed by atoms with Crippen LogP contribution in [0.15, 0.2) is 83.8 Å². The van der Waals surface area contributed by atoms with Crippen molar-refractivity contribution in [1.82, 2.24) is 15.0 Å². The molecule has 0 saturated carbocycles. The summed E-state index contributed by atoms with van der Waals surface area (Å²) in [5.74, 6) is -0.167. The third-order valence-corrected chi connectivity index (χ3v) is 6.91. The molecule has 0 radical (unpaired) electrons. The molecule has 6 nitrogen and oxygen atoms in total. The number of nitrogens with zero attached hydrogens (tertiary/aromatic N) is 1. The first kappa shape index (κ1) is 22.6. The zero-order valence-corrected chi connectivity index (χ0v) is 19.3. The van der Waals surface area contributed by atoms with E-state index in [1.54, 1.807) is 24.3 Å². The molecule has 0 aliphatic heterocycles. The molecular formula is C26H25N3O3S. The van der Waals surface area contributed by atoms with Crippen LogP contribution in [0.1, 0.15) is 21.5 Å². The molecule has 1 amide bonds. The fourth-order valence-corrected chi connectivity index (χ4v) is 4.38. The number of sulfonamides is 1. The number of fused-ring (bicyclic) bond motifs is 1. The van der Waals surface area contributed by atoms with Crippen molar-refractivity contribution in [3.63, 3.8) is 0 Å². The number of amides is 1. The Morgan fingerprint density at radius 3 is 2.36 bits per heavy atom. The van der Waals surface area contributed by atoms with Gasteiger partial charge in [0.15, 0.2) is 0 Å². The van der Waals surface area contributed by atoms with Crippen LogP contribution < -0.4 is 10.0 Å². The quantitative estimate of drug-likeness (QED) is 0.436. The van der Waals surface area contributed by atoms with Crippen molar-refractivity contribution in [2.24, 2.45) is 0 Å². The molecule has 168 valence electrons. The van der Waals surface area contributed by atoms with Crippen molar-refractivity contribution in [3.05, 3.63) is 95.6 Å². The number of nitrogens with one attached hydrogen (secondary N) is 2. The van der Waals surface area contributed by atoms with Gasteiger partial charge in [0.05, 0.1) is 21.7 Å². The maximum Gasteiger partial charge on any atom is 0.252 e. The van der Waals surface area contributed by atoms with Gasteiger partial charge in [-0.3, -0.25) is 4.79 Å². The number of aromatic nitrogens is 1. The van der Waals surface area contributed by atoms with Gasteiger partial charge in [0.2, 0.25) is 10.0 Å². The van der Waals surface area contributed by atoms with E-state index in [1.807, 2.05) is 61.5 Å². The van der Waals surface area contributed by atoms with Gasteiger partial charge >= 0.3 is 0 Å². The van der Waals surface area contributed by atoms with E-state index in [1.165, 1.54) is 7.05 Å². The molecule has 0 aliphatic rings. The molecule has 0 bridgehead atoms. The molecule has 0 saturated heterocycles. The third kappa shape index (κ3) is 5.10. The van der Waals surface area contributed by atoms with Gasteiger partial charge in [0, 0.05) is 17.5 Å². The topological polar surface area (TPSA) is 88.2 Å². The van der Waals surface area contributed by atoms with Crippen molar-refractivity contribution in [3.8, 4) is 11.3 Å². The summed E-state index contributed by atoms with van der Waals surface area (Å²) in [7, 11) is -2.08. The molecule has 1 heterocycles. The fourth-order valence-electron chi connectivity index (χ4n) is 3.65. The molecule has 0 fully saturated rings. The molecule has 0 atom stereocenters. The number of pyridine rings is 1. The molecule has 7 heteroatoms. The summed E-state index contributed by atoms with van der Waals surface area (Å²) in [5, 5.41) is 3.81. The maximum atomic E-state index is 13.1. The largest absolute Gasteiger partial charge is 0.352 e. The number of hydrogen-bond donors (Lipinski definition) is 2. The zero-order chi connectivity index (χ0) is 23.4. The molecule has 0 unspecified atom stereocenters. The highest BCUT2D eigenvalue weighted by atomic mass is 32.2.